The summed E-state index contributed by atoms with van der Waals surface area (Å²) in [5.41, 5.74) is -1.36. The minimum Gasteiger partial charge on any atom is -0.469 e. The second kappa shape index (κ2) is 8.36. The maximum absolute atomic E-state index is 8.77. The molecule has 1 rings (SSSR count). The van der Waals surface area contributed by atoms with E-state index < -0.39 is 5.43 Å². The first-order chi connectivity index (χ1) is 6.16. The Balaban J connectivity index is 0.000000310. The first-order valence-electron chi connectivity index (χ1n) is 5.05. The van der Waals surface area contributed by atoms with E-state index >= 15 is 0 Å². The lowest BCUT2D eigenvalue weighted by atomic mass is 9.86. The molecule has 0 bridgehead atoms. The van der Waals surface area contributed by atoms with Crippen LogP contribution in [0.3, 0.4) is 0 Å². The number of hydrogen-bond donors (Lipinski definition) is 1. The summed E-state index contributed by atoms with van der Waals surface area (Å²) in [7, 11) is 0. The highest BCUT2D eigenvalue weighted by molar-refractivity contribution is 6.60. The third kappa shape index (κ3) is 9.68. The molecule has 1 N–H and O–H groups in total. The Labute approximate surface area is 85.3 Å². The van der Waals surface area contributed by atoms with Crippen molar-refractivity contribution in [1.29, 1.82) is 0 Å². The van der Waals surface area contributed by atoms with E-state index in [0.717, 1.165) is 5.92 Å². The number of rotatable bonds is 2. The average molecular weight is 207 g/mol. The fraction of sp³-hybridized carbons (Fsp3) is 0.900. The van der Waals surface area contributed by atoms with E-state index in [9.17, 15) is 0 Å². The summed E-state index contributed by atoms with van der Waals surface area (Å²) in [6.07, 6.45) is 10.4. The van der Waals surface area contributed by atoms with E-state index in [-0.39, 0.29) is 0 Å². The molecule has 0 amide bonds. The second-order valence-electron chi connectivity index (χ2n) is 3.55. The zero-order valence-electron chi connectivity index (χ0n) is 8.26. The van der Waals surface area contributed by atoms with Gasteiger partial charge < -0.3 is 5.11 Å². The zero-order chi connectivity index (χ0) is 10.1. The molecule has 1 aliphatic rings. The topological polar surface area (TPSA) is 37.3 Å². The molecule has 3 heteroatoms. The van der Waals surface area contributed by atoms with Crippen molar-refractivity contribution < 1.29 is 9.90 Å². The van der Waals surface area contributed by atoms with E-state index in [2.05, 4.69) is 18.5 Å². The number of carbonyl (C=O) groups is 1. The molecule has 78 valence electrons. The Morgan fingerprint density at radius 3 is 2.23 bits per heavy atom. The van der Waals surface area contributed by atoms with Gasteiger partial charge in [-0.05, 0) is 5.92 Å². The Hall–Kier alpha value is -0.240. The molecule has 0 radical (unpaired) electrons. The molecule has 2 nitrogen and oxygen atoms in total. The van der Waals surface area contributed by atoms with Crippen LogP contribution in [0.15, 0.2) is 0 Å². The lowest BCUT2D eigenvalue weighted by Gasteiger charge is -2.20. The molecule has 0 aliphatic heterocycles. The minimum atomic E-state index is -1.36. The van der Waals surface area contributed by atoms with Crippen molar-refractivity contribution in [3.63, 3.8) is 0 Å². The molecular weight excluding hydrogens is 188 g/mol. The quantitative estimate of drug-likeness (QED) is 0.686. The molecule has 0 unspecified atom stereocenters. The summed E-state index contributed by atoms with van der Waals surface area (Å²) in [6.45, 7) is 2.30. The third-order valence-corrected chi connectivity index (χ3v) is 2.42. The fourth-order valence-corrected chi connectivity index (χ4v) is 1.88. The van der Waals surface area contributed by atoms with Crippen LogP contribution < -0.4 is 0 Å². The Bertz CT molecular complexity index is 124. The second-order valence-corrected chi connectivity index (χ2v) is 3.87. The Kier molecular flexibility index (Phi) is 8.21. The van der Waals surface area contributed by atoms with Crippen LogP contribution in [0.25, 0.3) is 0 Å². The molecule has 0 saturated heterocycles. The molecule has 1 aliphatic carbocycles. The number of halogens is 1. The predicted octanol–water partition coefficient (Wildman–Crippen LogP) is 4.27. The van der Waals surface area contributed by atoms with Crippen LogP contribution in [-0.4, -0.2) is 10.5 Å². The monoisotopic (exact) mass is 206 g/mol. The van der Waals surface area contributed by atoms with Crippen LogP contribution in [0, 0.1) is 5.92 Å². The predicted molar refractivity (Wildman–Crippen MR) is 55.4 cm³/mol. The smallest absolute Gasteiger partial charge is 0.401 e. The van der Waals surface area contributed by atoms with Crippen molar-refractivity contribution in [2.75, 3.05) is 0 Å². The molecule has 0 aromatic heterocycles. The van der Waals surface area contributed by atoms with Crippen LogP contribution in [0.2, 0.25) is 0 Å². The highest BCUT2D eigenvalue weighted by Gasteiger charge is 2.10. The molecule has 0 spiro atoms. The lowest BCUT2D eigenvalue weighted by molar-refractivity contribution is 0.220. The van der Waals surface area contributed by atoms with E-state index in [0.29, 0.717) is 0 Å². The minimum absolute atomic E-state index is 1.10. The summed E-state index contributed by atoms with van der Waals surface area (Å²) >= 11 is 4.19. The SMILES string of the molecule is CCCC1CCCCC1.O=C(O)Cl. The van der Waals surface area contributed by atoms with Crippen LogP contribution in [0.5, 0.6) is 0 Å². The normalized spacial score (nSPS) is 17.4. The summed E-state index contributed by atoms with van der Waals surface area (Å²) in [5, 5.41) is 7.18. The van der Waals surface area contributed by atoms with E-state index in [1.54, 1.807) is 0 Å². The summed E-state index contributed by atoms with van der Waals surface area (Å²) in [6, 6.07) is 0. The molecule has 0 aromatic carbocycles. The summed E-state index contributed by atoms with van der Waals surface area (Å²) < 4.78 is 0. The van der Waals surface area contributed by atoms with Gasteiger partial charge in [0.15, 0.2) is 0 Å². The van der Waals surface area contributed by atoms with Gasteiger partial charge in [-0.25, -0.2) is 4.79 Å². The molecule has 0 atom stereocenters. The van der Waals surface area contributed by atoms with Crippen molar-refractivity contribution in [1.82, 2.24) is 0 Å². The molecule has 13 heavy (non-hydrogen) atoms. The first kappa shape index (κ1) is 12.8. The van der Waals surface area contributed by atoms with Gasteiger partial charge in [-0.3, -0.25) is 0 Å². The van der Waals surface area contributed by atoms with Gasteiger partial charge in [0.25, 0.3) is 0 Å². The van der Waals surface area contributed by atoms with Crippen LogP contribution in [0.1, 0.15) is 51.9 Å². The van der Waals surface area contributed by atoms with E-state index in [1.165, 1.54) is 44.9 Å². The molecule has 0 aromatic rings. The van der Waals surface area contributed by atoms with Gasteiger partial charge in [-0.2, -0.15) is 0 Å². The van der Waals surface area contributed by atoms with Gasteiger partial charge in [0.2, 0.25) is 0 Å². The van der Waals surface area contributed by atoms with Gasteiger partial charge >= 0.3 is 5.43 Å². The Morgan fingerprint density at radius 2 is 1.85 bits per heavy atom. The lowest BCUT2D eigenvalue weighted by Crippen LogP contribution is -2.04. The van der Waals surface area contributed by atoms with E-state index in [1.807, 2.05) is 0 Å². The van der Waals surface area contributed by atoms with Gasteiger partial charge in [0.1, 0.15) is 0 Å². The van der Waals surface area contributed by atoms with Crippen molar-refractivity contribution >= 4 is 17.0 Å². The van der Waals surface area contributed by atoms with Gasteiger partial charge in [-0.15, -0.1) is 0 Å². The molecule has 1 saturated carbocycles. The highest BCUT2D eigenvalue weighted by Crippen LogP contribution is 2.26. The van der Waals surface area contributed by atoms with Crippen molar-refractivity contribution in [3.8, 4) is 0 Å². The first-order valence-corrected chi connectivity index (χ1v) is 5.43. The summed E-state index contributed by atoms with van der Waals surface area (Å²) in [5.74, 6) is 1.10. The molecular formula is C10H19ClO2. The molecule has 0 heterocycles. The third-order valence-electron chi connectivity index (χ3n) is 2.42. The van der Waals surface area contributed by atoms with Crippen molar-refractivity contribution in [2.24, 2.45) is 5.92 Å². The zero-order valence-corrected chi connectivity index (χ0v) is 9.02. The number of carboxylic acid groups (broad SMARTS) is 1. The van der Waals surface area contributed by atoms with Gasteiger partial charge in [-0.1, -0.05) is 51.9 Å². The fourth-order valence-electron chi connectivity index (χ4n) is 1.88. The maximum atomic E-state index is 8.77. The largest absolute Gasteiger partial charge is 0.469 e. The highest BCUT2D eigenvalue weighted by atomic mass is 35.5. The average Bonchev–Trinajstić information content (AvgIpc) is 2.06. The van der Waals surface area contributed by atoms with Crippen LogP contribution in [0.4, 0.5) is 4.79 Å². The van der Waals surface area contributed by atoms with Crippen LogP contribution >= 0.6 is 11.6 Å². The maximum Gasteiger partial charge on any atom is 0.401 e. The molecule has 1 fully saturated rings. The van der Waals surface area contributed by atoms with Gasteiger partial charge in [0.05, 0.1) is 0 Å². The summed E-state index contributed by atoms with van der Waals surface area (Å²) in [4.78, 5) is 8.77. The van der Waals surface area contributed by atoms with Crippen molar-refractivity contribution in [2.45, 2.75) is 51.9 Å². The Morgan fingerprint density at radius 1 is 1.38 bits per heavy atom. The van der Waals surface area contributed by atoms with Crippen molar-refractivity contribution in [3.05, 3.63) is 0 Å². The standard InChI is InChI=1S/C9H18.CHClO2/c1-2-6-9-7-4-3-5-8-9;2-1(3)4/h9H,2-8H2,1H3;(H,3,4). The number of hydrogen-bond acceptors (Lipinski definition) is 1. The van der Waals surface area contributed by atoms with Crippen LogP contribution in [-0.2, 0) is 0 Å². The van der Waals surface area contributed by atoms with E-state index in [4.69, 9.17) is 9.90 Å². The van der Waals surface area contributed by atoms with Gasteiger partial charge in [0, 0.05) is 11.6 Å².